The maximum absolute atomic E-state index is 12.3. The predicted molar refractivity (Wildman–Crippen MR) is 86.1 cm³/mol. The van der Waals surface area contributed by atoms with E-state index in [4.69, 9.17) is 5.11 Å². The van der Waals surface area contributed by atoms with Gasteiger partial charge in [0.2, 0.25) is 5.91 Å². The van der Waals surface area contributed by atoms with Crippen LogP contribution in [-0.4, -0.2) is 35.0 Å². The second-order valence-corrected chi connectivity index (χ2v) is 5.82. The van der Waals surface area contributed by atoms with E-state index >= 15 is 0 Å². The Labute approximate surface area is 129 Å². The van der Waals surface area contributed by atoms with Crippen molar-refractivity contribution < 1.29 is 14.7 Å². The Kier molecular flexibility index (Phi) is 10.6. The molecule has 4 heteroatoms. The summed E-state index contributed by atoms with van der Waals surface area (Å²) < 4.78 is 0. The van der Waals surface area contributed by atoms with Crippen molar-refractivity contribution in [3.63, 3.8) is 0 Å². The van der Waals surface area contributed by atoms with Crippen LogP contribution in [0.1, 0.15) is 59.8 Å². The van der Waals surface area contributed by atoms with Gasteiger partial charge in [0.1, 0.15) is 0 Å². The third kappa shape index (κ3) is 9.27. The maximum Gasteiger partial charge on any atom is 0.304 e. The Balaban J connectivity index is 4.41. The molecular formula is C17H31NO3. The van der Waals surface area contributed by atoms with Crippen molar-refractivity contribution in [2.75, 3.05) is 13.1 Å². The van der Waals surface area contributed by atoms with Crippen LogP contribution < -0.4 is 0 Å². The molecule has 0 saturated carbocycles. The Hall–Kier alpha value is -1.32. The molecule has 0 spiro atoms. The molecule has 0 aromatic rings. The van der Waals surface area contributed by atoms with Crippen LogP contribution in [0, 0.1) is 11.8 Å². The highest BCUT2D eigenvalue weighted by molar-refractivity contribution is 5.84. The van der Waals surface area contributed by atoms with E-state index in [9.17, 15) is 9.59 Å². The van der Waals surface area contributed by atoms with Gasteiger partial charge in [0.05, 0.1) is 12.3 Å². The number of aliphatic carboxylic acids is 1. The van der Waals surface area contributed by atoms with Gasteiger partial charge in [0.25, 0.3) is 0 Å². The molecular weight excluding hydrogens is 266 g/mol. The number of allylic oxidation sites excluding steroid dienone is 1. The Bertz CT molecular complexity index is 333. The van der Waals surface area contributed by atoms with Gasteiger partial charge in [-0.3, -0.25) is 9.59 Å². The zero-order valence-corrected chi connectivity index (χ0v) is 14.0. The number of unbranched alkanes of at least 4 members (excludes halogenated alkanes) is 2. The lowest BCUT2D eigenvalue weighted by Crippen LogP contribution is -2.36. The molecule has 0 aromatic carbocycles. The molecule has 1 amide bonds. The molecule has 0 bridgehead atoms. The van der Waals surface area contributed by atoms with Crippen LogP contribution in [0.5, 0.6) is 0 Å². The fourth-order valence-corrected chi connectivity index (χ4v) is 2.27. The molecule has 122 valence electrons. The summed E-state index contributed by atoms with van der Waals surface area (Å²) in [5.74, 6) is -0.823. The summed E-state index contributed by atoms with van der Waals surface area (Å²) in [7, 11) is 0. The fourth-order valence-electron chi connectivity index (χ4n) is 2.27. The molecule has 1 unspecified atom stereocenters. The van der Waals surface area contributed by atoms with Crippen molar-refractivity contribution >= 4 is 11.9 Å². The summed E-state index contributed by atoms with van der Waals surface area (Å²) in [6.45, 7) is 9.48. The minimum absolute atomic E-state index is 0.0826. The van der Waals surface area contributed by atoms with Crippen LogP contribution in [0.2, 0.25) is 0 Å². The second kappa shape index (κ2) is 11.4. The maximum atomic E-state index is 12.3. The first-order valence-corrected chi connectivity index (χ1v) is 8.09. The van der Waals surface area contributed by atoms with Crippen LogP contribution >= 0.6 is 0 Å². The third-order valence-electron chi connectivity index (χ3n) is 3.56. The molecule has 4 nitrogen and oxygen atoms in total. The van der Waals surface area contributed by atoms with E-state index in [1.807, 2.05) is 19.9 Å². The largest absolute Gasteiger partial charge is 0.481 e. The Morgan fingerprint density at radius 3 is 2.24 bits per heavy atom. The second-order valence-electron chi connectivity index (χ2n) is 5.82. The lowest BCUT2D eigenvalue weighted by Gasteiger charge is -2.22. The number of rotatable bonds is 11. The van der Waals surface area contributed by atoms with Crippen molar-refractivity contribution in [1.82, 2.24) is 4.90 Å². The summed E-state index contributed by atoms with van der Waals surface area (Å²) in [6.07, 6.45) is 8.01. The lowest BCUT2D eigenvalue weighted by molar-refractivity contribution is -0.143. The van der Waals surface area contributed by atoms with Crippen molar-refractivity contribution in [2.45, 2.75) is 59.8 Å². The van der Waals surface area contributed by atoms with E-state index in [2.05, 4.69) is 13.8 Å². The van der Waals surface area contributed by atoms with E-state index in [-0.39, 0.29) is 12.3 Å². The quantitative estimate of drug-likeness (QED) is 0.467. The molecule has 0 radical (unpaired) electrons. The molecule has 0 aliphatic carbocycles. The molecule has 0 rings (SSSR count). The van der Waals surface area contributed by atoms with Gasteiger partial charge in [0.15, 0.2) is 0 Å². The summed E-state index contributed by atoms with van der Waals surface area (Å²) in [4.78, 5) is 24.9. The predicted octanol–water partition coefficient (Wildman–Crippen LogP) is 3.72. The minimum Gasteiger partial charge on any atom is -0.481 e. The van der Waals surface area contributed by atoms with Crippen molar-refractivity contribution in [3.8, 4) is 0 Å². The first kappa shape index (κ1) is 19.7. The van der Waals surface area contributed by atoms with Gasteiger partial charge >= 0.3 is 5.97 Å². The molecule has 0 aliphatic heterocycles. The highest BCUT2D eigenvalue weighted by atomic mass is 16.4. The molecule has 0 heterocycles. The summed E-state index contributed by atoms with van der Waals surface area (Å²) >= 11 is 0. The van der Waals surface area contributed by atoms with Gasteiger partial charge in [-0.05, 0) is 32.6 Å². The average Bonchev–Trinajstić information content (AvgIpc) is 2.41. The normalized spacial score (nSPS) is 12.8. The van der Waals surface area contributed by atoms with Gasteiger partial charge in [0, 0.05) is 13.1 Å². The number of nitrogens with zero attached hydrogens (tertiary/aromatic N) is 1. The average molecular weight is 297 g/mol. The van der Waals surface area contributed by atoms with Crippen LogP contribution in [0.3, 0.4) is 0 Å². The molecule has 1 N–H and O–H groups in total. The number of amides is 1. The van der Waals surface area contributed by atoms with Gasteiger partial charge in [-0.15, -0.1) is 0 Å². The zero-order chi connectivity index (χ0) is 16.3. The van der Waals surface area contributed by atoms with E-state index < -0.39 is 11.9 Å². The highest BCUT2D eigenvalue weighted by Crippen LogP contribution is 2.13. The fraction of sp³-hybridized carbons (Fsp3) is 0.765. The number of hydrogen-bond acceptors (Lipinski definition) is 2. The van der Waals surface area contributed by atoms with Gasteiger partial charge < -0.3 is 10.0 Å². The number of carbonyl (C=O) groups excluding carboxylic acids is 1. The van der Waals surface area contributed by atoms with Crippen molar-refractivity contribution in [1.29, 1.82) is 0 Å². The summed E-state index contributed by atoms with van der Waals surface area (Å²) in [5.41, 5.74) is 0. The zero-order valence-electron chi connectivity index (χ0n) is 14.0. The van der Waals surface area contributed by atoms with Crippen LogP contribution in [0.15, 0.2) is 12.2 Å². The van der Waals surface area contributed by atoms with Crippen LogP contribution in [0.25, 0.3) is 0 Å². The van der Waals surface area contributed by atoms with E-state index in [1.165, 1.54) is 12.8 Å². The number of carbonyl (C=O) groups is 2. The minimum atomic E-state index is -0.926. The molecule has 21 heavy (non-hydrogen) atoms. The Morgan fingerprint density at radius 2 is 1.76 bits per heavy atom. The molecule has 0 saturated heterocycles. The van der Waals surface area contributed by atoms with Crippen molar-refractivity contribution in [3.05, 3.63) is 12.2 Å². The monoisotopic (exact) mass is 297 g/mol. The molecule has 0 fully saturated rings. The molecule has 0 aromatic heterocycles. The molecule has 0 aliphatic rings. The SMILES string of the molecule is CCN(CC)C(=O)C(C=CCCCCC(C)C)CC(=O)O. The Morgan fingerprint density at radius 1 is 1.14 bits per heavy atom. The number of carboxylic acids is 1. The topological polar surface area (TPSA) is 57.6 Å². The smallest absolute Gasteiger partial charge is 0.304 e. The van der Waals surface area contributed by atoms with E-state index in [0.717, 1.165) is 18.8 Å². The van der Waals surface area contributed by atoms with Gasteiger partial charge in [-0.2, -0.15) is 0 Å². The summed E-state index contributed by atoms with van der Waals surface area (Å²) in [6, 6.07) is 0. The standard InChI is InChI=1S/C17H31NO3/c1-5-18(6-2)17(21)15(13-16(19)20)12-10-8-7-9-11-14(3)4/h10,12,14-15H,5-9,11,13H2,1-4H3,(H,19,20). The summed E-state index contributed by atoms with van der Waals surface area (Å²) in [5, 5.41) is 8.96. The number of hydrogen-bond donors (Lipinski definition) is 1. The lowest BCUT2D eigenvalue weighted by atomic mass is 10.0. The highest BCUT2D eigenvalue weighted by Gasteiger charge is 2.22. The van der Waals surface area contributed by atoms with E-state index in [0.29, 0.717) is 13.1 Å². The molecule has 1 atom stereocenters. The van der Waals surface area contributed by atoms with Gasteiger partial charge in [-0.1, -0.05) is 38.8 Å². The number of carboxylic acid groups (broad SMARTS) is 1. The third-order valence-corrected chi connectivity index (χ3v) is 3.56. The van der Waals surface area contributed by atoms with Crippen LogP contribution in [-0.2, 0) is 9.59 Å². The van der Waals surface area contributed by atoms with Crippen molar-refractivity contribution in [2.24, 2.45) is 11.8 Å². The van der Waals surface area contributed by atoms with E-state index in [1.54, 1.807) is 11.0 Å². The van der Waals surface area contributed by atoms with Crippen LogP contribution in [0.4, 0.5) is 0 Å². The van der Waals surface area contributed by atoms with Gasteiger partial charge in [-0.25, -0.2) is 0 Å². The first-order chi connectivity index (χ1) is 9.92. The first-order valence-electron chi connectivity index (χ1n) is 8.09.